The Morgan fingerprint density at radius 2 is 1.88 bits per heavy atom. The Morgan fingerprint density at radius 3 is 2.55 bits per heavy atom. The lowest BCUT2D eigenvalue weighted by atomic mass is 9.59. The third-order valence-electron chi connectivity index (χ3n) is 8.20. The van der Waals surface area contributed by atoms with Gasteiger partial charge in [0.15, 0.2) is 0 Å². The maximum absolute atomic E-state index is 13.8. The second kappa shape index (κ2) is 10.3. The van der Waals surface area contributed by atoms with Crippen molar-refractivity contribution in [3.8, 4) is 0 Å². The van der Waals surface area contributed by atoms with Gasteiger partial charge in [0.05, 0.1) is 35.3 Å². The van der Waals surface area contributed by atoms with Crippen molar-refractivity contribution in [2.45, 2.75) is 111 Å². The standard InChI is InChI=1S/C23H37ClFN3O5/c1-32-14-4-9-26-18(11-14)21(31)28-22-5-7-23(8-6-22,19(29)12-22)27-20(30)13-33-15-2-3-16(24)17(25)10-15/h14-19,26,29H,2-13H2,1H3,(H,27,30)(H,28,31). The third-order valence-corrected chi connectivity index (χ3v) is 8.69. The molecule has 5 rings (SSSR count). The summed E-state index contributed by atoms with van der Waals surface area (Å²) < 4.78 is 24.8. The molecule has 2 amide bonds. The van der Waals surface area contributed by atoms with Gasteiger partial charge in [0.1, 0.15) is 12.8 Å². The molecule has 4 N–H and O–H groups in total. The fraction of sp³-hybridized carbons (Fsp3) is 0.913. The fourth-order valence-electron chi connectivity index (χ4n) is 6.01. The molecule has 0 aromatic carbocycles. The van der Waals surface area contributed by atoms with Gasteiger partial charge >= 0.3 is 0 Å². The van der Waals surface area contributed by atoms with Crippen molar-refractivity contribution in [2.24, 2.45) is 0 Å². The van der Waals surface area contributed by atoms with Gasteiger partial charge in [-0.25, -0.2) is 4.39 Å². The summed E-state index contributed by atoms with van der Waals surface area (Å²) in [5, 5.41) is 19.9. The summed E-state index contributed by atoms with van der Waals surface area (Å²) in [6.07, 6.45) is 3.77. The van der Waals surface area contributed by atoms with E-state index in [1.165, 1.54) is 0 Å². The molecule has 188 valence electrons. The first-order valence-corrected chi connectivity index (χ1v) is 12.6. The molecular weight excluding hydrogens is 453 g/mol. The zero-order chi connectivity index (χ0) is 23.6. The van der Waals surface area contributed by atoms with Gasteiger partial charge in [-0.15, -0.1) is 11.6 Å². The highest BCUT2D eigenvalue weighted by atomic mass is 35.5. The van der Waals surface area contributed by atoms with Crippen LogP contribution in [-0.2, 0) is 19.1 Å². The number of amides is 2. The molecule has 5 aliphatic rings. The number of hydrogen-bond donors (Lipinski definition) is 4. The molecule has 0 aromatic rings. The van der Waals surface area contributed by atoms with Crippen LogP contribution in [0.1, 0.15) is 64.2 Å². The number of carbonyl (C=O) groups excluding carboxylic acids is 2. The Balaban J connectivity index is 1.26. The van der Waals surface area contributed by atoms with Crippen LogP contribution in [0.2, 0.25) is 0 Å². The summed E-state index contributed by atoms with van der Waals surface area (Å²) in [4.78, 5) is 25.5. The number of aliphatic hydroxyl groups excluding tert-OH is 1. The number of carbonyl (C=O) groups is 2. The number of nitrogens with one attached hydrogen (secondary N) is 3. The molecule has 0 radical (unpaired) electrons. The number of rotatable bonds is 7. The summed E-state index contributed by atoms with van der Waals surface area (Å²) in [6.45, 7) is 0.581. The van der Waals surface area contributed by atoms with Crippen LogP contribution in [0.25, 0.3) is 0 Å². The quantitative estimate of drug-likeness (QED) is 0.402. The Bertz CT molecular complexity index is 720. The molecule has 0 aromatic heterocycles. The van der Waals surface area contributed by atoms with Crippen molar-refractivity contribution in [1.29, 1.82) is 0 Å². The third kappa shape index (κ3) is 5.64. The SMILES string of the molecule is COC1CCNC(C(=O)NC23CCC(NC(=O)COC4CCC(Cl)C(F)C4)(CC2)C(O)C3)C1. The van der Waals surface area contributed by atoms with Gasteiger partial charge in [0, 0.05) is 19.1 Å². The summed E-state index contributed by atoms with van der Waals surface area (Å²) in [7, 11) is 1.67. The number of piperidine rings is 1. The molecule has 6 unspecified atom stereocenters. The highest BCUT2D eigenvalue weighted by molar-refractivity contribution is 6.21. The molecule has 8 nitrogen and oxygen atoms in total. The van der Waals surface area contributed by atoms with Crippen LogP contribution in [0.5, 0.6) is 0 Å². The van der Waals surface area contributed by atoms with Crippen LogP contribution in [0, 0.1) is 0 Å². The van der Waals surface area contributed by atoms with E-state index in [1.807, 2.05) is 0 Å². The average Bonchev–Trinajstić information content (AvgIpc) is 2.81. The molecule has 1 saturated heterocycles. The molecule has 5 fully saturated rings. The number of aliphatic hydroxyl groups is 1. The topological polar surface area (TPSA) is 109 Å². The zero-order valence-electron chi connectivity index (χ0n) is 19.3. The van der Waals surface area contributed by atoms with Gasteiger partial charge < -0.3 is 30.5 Å². The van der Waals surface area contributed by atoms with E-state index in [0.29, 0.717) is 51.4 Å². The molecule has 0 spiro atoms. The Hall–Kier alpha value is -1.00. The lowest BCUT2D eigenvalue weighted by molar-refractivity contribution is -0.141. The summed E-state index contributed by atoms with van der Waals surface area (Å²) in [5.74, 6) is -0.346. The largest absolute Gasteiger partial charge is 0.391 e. The van der Waals surface area contributed by atoms with Crippen molar-refractivity contribution in [2.75, 3.05) is 20.3 Å². The highest BCUT2D eigenvalue weighted by Gasteiger charge is 2.55. The van der Waals surface area contributed by atoms with Gasteiger partial charge in [0.25, 0.3) is 0 Å². The van der Waals surface area contributed by atoms with E-state index < -0.39 is 28.7 Å². The van der Waals surface area contributed by atoms with Crippen molar-refractivity contribution in [3.63, 3.8) is 0 Å². The Kier molecular flexibility index (Phi) is 7.85. The maximum Gasteiger partial charge on any atom is 0.246 e. The highest BCUT2D eigenvalue weighted by Crippen LogP contribution is 2.47. The molecule has 2 bridgehead atoms. The number of alkyl halides is 2. The molecule has 4 saturated carbocycles. The van der Waals surface area contributed by atoms with Crippen molar-refractivity contribution in [3.05, 3.63) is 0 Å². The summed E-state index contributed by atoms with van der Waals surface area (Å²) in [5.41, 5.74) is -1.15. The molecule has 6 atom stereocenters. The molecule has 1 aliphatic heterocycles. The van der Waals surface area contributed by atoms with Gasteiger partial charge in [-0.3, -0.25) is 9.59 Å². The van der Waals surface area contributed by atoms with Crippen LogP contribution >= 0.6 is 11.6 Å². The van der Waals surface area contributed by atoms with Crippen LogP contribution < -0.4 is 16.0 Å². The van der Waals surface area contributed by atoms with Gasteiger partial charge in [0.2, 0.25) is 11.8 Å². The van der Waals surface area contributed by atoms with Crippen LogP contribution in [-0.4, -0.2) is 84.2 Å². The molecule has 4 aliphatic carbocycles. The summed E-state index contributed by atoms with van der Waals surface area (Å²) >= 11 is 5.91. The van der Waals surface area contributed by atoms with Gasteiger partial charge in [-0.1, -0.05) is 0 Å². The van der Waals surface area contributed by atoms with Crippen LogP contribution in [0.15, 0.2) is 0 Å². The predicted molar refractivity (Wildman–Crippen MR) is 121 cm³/mol. The fourth-order valence-corrected chi connectivity index (χ4v) is 6.24. The minimum atomic E-state index is -1.11. The number of hydrogen-bond acceptors (Lipinski definition) is 6. The van der Waals surface area contributed by atoms with E-state index in [2.05, 4.69) is 16.0 Å². The minimum absolute atomic E-state index is 0.0476. The minimum Gasteiger partial charge on any atom is -0.391 e. The number of halogens is 2. The van der Waals surface area contributed by atoms with Gasteiger partial charge in [-0.05, 0) is 64.3 Å². The van der Waals surface area contributed by atoms with E-state index in [0.717, 1.165) is 13.0 Å². The summed E-state index contributed by atoms with van der Waals surface area (Å²) in [6, 6.07) is -0.293. The van der Waals surface area contributed by atoms with Crippen LogP contribution in [0.3, 0.4) is 0 Å². The van der Waals surface area contributed by atoms with Crippen molar-refractivity contribution >= 4 is 23.4 Å². The number of methoxy groups -OCH3 is 1. The molecule has 10 heteroatoms. The van der Waals surface area contributed by atoms with Crippen molar-refractivity contribution < 1.29 is 28.6 Å². The van der Waals surface area contributed by atoms with E-state index in [9.17, 15) is 19.1 Å². The Labute approximate surface area is 199 Å². The first-order valence-electron chi connectivity index (χ1n) is 12.2. The lowest BCUT2D eigenvalue weighted by Crippen LogP contribution is -2.71. The monoisotopic (exact) mass is 489 g/mol. The normalized spacial score (nSPS) is 43.2. The van der Waals surface area contributed by atoms with E-state index in [-0.39, 0.29) is 43.1 Å². The lowest BCUT2D eigenvalue weighted by Gasteiger charge is -2.56. The first kappa shape index (κ1) is 25.1. The molecular formula is C23H37ClFN3O5. The van der Waals surface area contributed by atoms with E-state index >= 15 is 0 Å². The molecule has 1 heterocycles. The smallest absolute Gasteiger partial charge is 0.246 e. The molecule has 33 heavy (non-hydrogen) atoms. The van der Waals surface area contributed by atoms with Gasteiger partial charge in [-0.2, -0.15) is 0 Å². The van der Waals surface area contributed by atoms with Crippen molar-refractivity contribution in [1.82, 2.24) is 16.0 Å². The second-order valence-corrected chi connectivity index (χ2v) is 10.9. The second-order valence-electron chi connectivity index (χ2n) is 10.4. The Morgan fingerprint density at radius 1 is 1.12 bits per heavy atom. The van der Waals surface area contributed by atoms with E-state index in [1.54, 1.807) is 7.11 Å². The van der Waals surface area contributed by atoms with Crippen LogP contribution in [0.4, 0.5) is 4.39 Å². The number of ether oxygens (including phenoxy) is 2. The zero-order valence-corrected chi connectivity index (χ0v) is 20.0. The first-order chi connectivity index (χ1) is 15.7. The van der Waals surface area contributed by atoms with E-state index in [4.69, 9.17) is 21.1 Å². The average molecular weight is 490 g/mol. The predicted octanol–water partition coefficient (Wildman–Crippen LogP) is 1.32. The maximum atomic E-state index is 13.8. The number of fused-ring (bicyclic) bond motifs is 3.